The Morgan fingerprint density at radius 1 is 1.13 bits per heavy atom. The summed E-state index contributed by atoms with van der Waals surface area (Å²) in [6, 6.07) is 4.80. The second kappa shape index (κ2) is 6.99. The van der Waals surface area contributed by atoms with Crippen molar-refractivity contribution in [3.63, 3.8) is 0 Å². The molecule has 30 heavy (non-hydrogen) atoms. The number of hydrogen-bond donors (Lipinski definition) is 1. The van der Waals surface area contributed by atoms with Gasteiger partial charge in [0.1, 0.15) is 4.90 Å². The lowest BCUT2D eigenvalue weighted by Gasteiger charge is -2.10. The maximum Gasteiger partial charge on any atom is 0.416 e. The third-order valence-electron chi connectivity index (χ3n) is 4.27. The molecule has 8 nitrogen and oxygen atoms in total. The van der Waals surface area contributed by atoms with Gasteiger partial charge < -0.3 is 0 Å². The molecule has 0 aliphatic rings. The fourth-order valence-electron chi connectivity index (χ4n) is 2.82. The second-order valence-corrected chi connectivity index (χ2v) is 8.34. The number of benzene rings is 1. The van der Waals surface area contributed by atoms with Gasteiger partial charge in [-0.05, 0) is 24.3 Å². The van der Waals surface area contributed by atoms with Gasteiger partial charge in [0.2, 0.25) is 0 Å². The molecule has 3 heterocycles. The molecule has 0 spiro atoms. The number of nitrogens with one attached hydrogen (secondary N) is 1. The van der Waals surface area contributed by atoms with Crippen molar-refractivity contribution in [3.8, 4) is 5.82 Å². The maximum atomic E-state index is 12.9. The van der Waals surface area contributed by atoms with Crippen LogP contribution in [0.1, 0.15) is 5.56 Å². The van der Waals surface area contributed by atoms with Gasteiger partial charge >= 0.3 is 6.18 Å². The summed E-state index contributed by atoms with van der Waals surface area (Å²) in [6.07, 6.45) is 0.0133. The number of aromatic nitrogens is 5. The third-order valence-corrected chi connectivity index (χ3v) is 5.88. The minimum atomic E-state index is -4.57. The van der Waals surface area contributed by atoms with Crippen molar-refractivity contribution in [1.82, 2.24) is 24.5 Å². The first kappa shape index (κ1) is 20.2. The summed E-state index contributed by atoms with van der Waals surface area (Å²) in [4.78, 5) is 3.53. The largest absolute Gasteiger partial charge is 0.416 e. The summed E-state index contributed by atoms with van der Waals surface area (Å²) in [5.74, 6) is -0.182. The Morgan fingerprint density at radius 3 is 2.63 bits per heavy atom. The van der Waals surface area contributed by atoms with Crippen molar-refractivity contribution < 1.29 is 21.6 Å². The molecule has 1 N–H and O–H groups in total. The van der Waals surface area contributed by atoms with Crippen LogP contribution in [0.4, 0.5) is 18.9 Å². The topological polar surface area (TPSA) is 94.7 Å². The minimum Gasteiger partial charge on any atom is -0.276 e. The van der Waals surface area contributed by atoms with Gasteiger partial charge in [-0.1, -0.05) is 11.6 Å². The molecule has 156 valence electrons. The van der Waals surface area contributed by atoms with E-state index in [2.05, 4.69) is 19.9 Å². The van der Waals surface area contributed by atoms with Crippen LogP contribution in [0.2, 0.25) is 5.02 Å². The van der Waals surface area contributed by atoms with E-state index < -0.39 is 21.8 Å². The van der Waals surface area contributed by atoms with Crippen LogP contribution in [-0.4, -0.2) is 33.0 Å². The molecule has 0 fully saturated rings. The number of sulfonamides is 1. The summed E-state index contributed by atoms with van der Waals surface area (Å²) >= 11 is 6.18. The van der Waals surface area contributed by atoms with Crippen LogP contribution in [0.3, 0.4) is 0 Å². The molecule has 1 aromatic carbocycles. The molecule has 0 saturated heterocycles. The standard InChI is InChI=1S/C17H12ClF3N6O2S/c1-26-16-10(7-23-26)2-3-13(18)15(16)25-30(28,29)12-8-24-27(9-12)14-6-11(4-5-22-14)17(19,20)21/h2-9,25H,1H3. The Bertz CT molecular complexity index is 1360. The average molecular weight is 457 g/mol. The van der Waals surface area contributed by atoms with E-state index in [9.17, 15) is 21.6 Å². The normalized spacial score (nSPS) is 12.4. The van der Waals surface area contributed by atoms with Gasteiger partial charge in [0, 0.05) is 18.6 Å². The van der Waals surface area contributed by atoms with Crippen LogP contribution in [0, 0.1) is 0 Å². The summed E-state index contributed by atoms with van der Waals surface area (Å²) in [5, 5.41) is 8.73. The van der Waals surface area contributed by atoms with Gasteiger partial charge in [0.15, 0.2) is 5.82 Å². The zero-order valence-electron chi connectivity index (χ0n) is 15.1. The van der Waals surface area contributed by atoms with E-state index in [1.54, 1.807) is 19.3 Å². The van der Waals surface area contributed by atoms with Crippen molar-refractivity contribution in [2.24, 2.45) is 7.05 Å². The second-order valence-electron chi connectivity index (χ2n) is 6.25. The molecule has 0 aliphatic heterocycles. The number of rotatable bonds is 4. The molecule has 0 unspecified atom stereocenters. The fourth-order valence-corrected chi connectivity index (χ4v) is 4.10. The van der Waals surface area contributed by atoms with Gasteiger partial charge in [-0.25, -0.2) is 18.1 Å². The number of nitrogens with zero attached hydrogens (tertiary/aromatic N) is 5. The highest BCUT2D eigenvalue weighted by molar-refractivity contribution is 7.92. The molecule has 0 saturated carbocycles. The van der Waals surface area contributed by atoms with Gasteiger partial charge in [0.25, 0.3) is 10.0 Å². The summed E-state index contributed by atoms with van der Waals surface area (Å²) in [5.41, 5.74) is -0.336. The van der Waals surface area contributed by atoms with Gasteiger partial charge in [-0.2, -0.15) is 23.4 Å². The van der Waals surface area contributed by atoms with Gasteiger partial charge in [0.05, 0.1) is 40.4 Å². The Hall–Kier alpha value is -3.12. The molecular formula is C17H12ClF3N6O2S. The lowest BCUT2D eigenvalue weighted by Crippen LogP contribution is -2.14. The van der Waals surface area contributed by atoms with Crippen molar-refractivity contribution >= 4 is 38.2 Å². The lowest BCUT2D eigenvalue weighted by molar-refractivity contribution is -0.137. The zero-order chi connectivity index (χ0) is 21.7. The molecule has 0 radical (unpaired) electrons. The average Bonchev–Trinajstić information content (AvgIpc) is 3.32. The van der Waals surface area contributed by atoms with E-state index >= 15 is 0 Å². The highest BCUT2D eigenvalue weighted by Gasteiger charge is 2.31. The molecule has 3 aromatic heterocycles. The maximum absolute atomic E-state index is 12.9. The zero-order valence-corrected chi connectivity index (χ0v) is 16.7. The van der Waals surface area contributed by atoms with Crippen LogP contribution < -0.4 is 4.72 Å². The van der Waals surface area contributed by atoms with E-state index in [-0.39, 0.29) is 21.4 Å². The monoisotopic (exact) mass is 456 g/mol. The summed E-state index contributed by atoms with van der Waals surface area (Å²) in [6.45, 7) is 0. The molecule has 0 aliphatic carbocycles. The molecule has 0 atom stereocenters. The quantitative estimate of drug-likeness (QED) is 0.506. The van der Waals surface area contributed by atoms with E-state index in [0.717, 1.165) is 35.4 Å². The highest BCUT2D eigenvalue weighted by atomic mass is 35.5. The van der Waals surface area contributed by atoms with Crippen molar-refractivity contribution in [1.29, 1.82) is 0 Å². The number of pyridine rings is 1. The molecule has 0 amide bonds. The first-order valence-electron chi connectivity index (χ1n) is 8.27. The Kier molecular flexibility index (Phi) is 4.70. The molecule has 4 aromatic rings. The SMILES string of the molecule is Cn1ncc2ccc(Cl)c(NS(=O)(=O)c3cnn(-c4cc(C(F)(F)F)ccn4)c3)c21. The smallest absolute Gasteiger partial charge is 0.276 e. The summed E-state index contributed by atoms with van der Waals surface area (Å²) < 4.78 is 69.2. The van der Waals surface area contributed by atoms with Crippen LogP contribution in [-0.2, 0) is 23.2 Å². The van der Waals surface area contributed by atoms with Crippen molar-refractivity contribution in [2.75, 3.05) is 4.72 Å². The summed E-state index contributed by atoms with van der Waals surface area (Å²) in [7, 11) is -2.52. The predicted octanol–water partition coefficient (Wildman–Crippen LogP) is 3.63. The van der Waals surface area contributed by atoms with E-state index in [0.29, 0.717) is 10.9 Å². The molecular weight excluding hydrogens is 445 g/mol. The Labute approximate surface area is 173 Å². The predicted molar refractivity (Wildman–Crippen MR) is 103 cm³/mol. The van der Waals surface area contributed by atoms with E-state index in [4.69, 9.17) is 11.6 Å². The molecule has 13 heteroatoms. The minimum absolute atomic E-state index is 0.124. The van der Waals surface area contributed by atoms with E-state index in [1.165, 1.54) is 10.7 Å². The van der Waals surface area contributed by atoms with Crippen LogP contribution in [0.5, 0.6) is 0 Å². The van der Waals surface area contributed by atoms with Crippen LogP contribution in [0.25, 0.3) is 16.7 Å². The number of aryl methyl sites for hydroxylation is 1. The fraction of sp³-hybridized carbons (Fsp3) is 0.118. The highest BCUT2D eigenvalue weighted by Crippen LogP contribution is 2.33. The number of anilines is 1. The van der Waals surface area contributed by atoms with Crippen molar-refractivity contribution in [2.45, 2.75) is 11.1 Å². The number of hydrogen-bond acceptors (Lipinski definition) is 5. The first-order chi connectivity index (χ1) is 14.1. The molecule has 0 bridgehead atoms. The molecule has 4 rings (SSSR count). The van der Waals surface area contributed by atoms with Crippen molar-refractivity contribution in [3.05, 3.63) is 59.6 Å². The van der Waals surface area contributed by atoms with E-state index in [1.807, 2.05) is 0 Å². The number of fused-ring (bicyclic) bond motifs is 1. The Morgan fingerprint density at radius 2 is 1.90 bits per heavy atom. The van der Waals surface area contributed by atoms with Gasteiger partial charge in [-0.15, -0.1) is 0 Å². The third kappa shape index (κ3) is 3.59. The number of halogens is 4. The van der Waals surface area contributed by atoms with Crippen LogP contribution >= 0.6 is 11.6 Å². The lowest BCUT2D eigenvalue weighted by atomic mass is 10.2. The van der Waals surface area contributed by atoms with Crippen LogP contribution in [0.15, 0.2) is 53.9 Å². The Balaban J connectivity index is 1.71. The first-order valence-corrected chi connectivity index (χ1v) is 10.1. The number of alkyl halides is 3. The van der Waals surface area contributed by atoms with Gasteiger partial charge in [-0.3, -0.25) is 9.40 Å².